The molecule has 0 aromatic heterocycles. The summed E-state index contributed by atoms with van der Waals surface area (Å²) in [4.78, 5) is 2.16. The Morgan fingerprint density at radius 1 is 1.50 bits per heavy atom. The molecule has 0 bridgehead atoms. The summed E-state index contributed by atoms with van der Waals surface area (Å²) >= 11 is 0. The van der Waals surface area contributed by atoms with E-state index in [1.165, 1.54) is 0 Å². The highest BCUT2D eigenvalue weighted by Crippen LogP contribution is 2.13. The highest BCUT2D eigenvalue weighted by atomic mass is 16.5. The van der Waals surface area contributed by atoms with Crippen LogP contribution in [-0.2, 0) is 9.47 Å². The van der Waals surface area contributed by atoms with Crippen LogP contribution in [-0.4, -0.2) is 62.2 Å². The first-order valence-corrected chi connectivity index (χ1v) is 6.14. The summed E-state index contributed by atoms with van der Waals surface area (Å²) in [5.74, 6) is 0.628. The lowest BCUT2D eigenvalue weighted by molar-refractivity contribution is -0.00704. The molecule has 1 fully saturated rings. The normalized spacial score (nSPS) is 23.2. The van der Waals surface area contributed by atoms with E-state index in [1.807, 2.05) is 20.9 Å². The molecule has 0 aromatic carbocycles. The van der Waals surface area contributed by atoms with Gasteiger partial charge in [0.2, 0.25) is 0 Å². The fraction of sp³-hybridized carbons (Fsp3) is 1.00. The quantitative estimate of drug-likeness (QED) is 0.702. The first-order chi connectivity index (χ1) is 7.58. The molecule has 0 spiro atoms. The van der Waals surface area contributed by atoms with Gasteiger partial charge in [0.05, 0.1) is 25.4 Å². The maximum atomic E-state index is 9.74. The number of hydrogen-bond donors (Lipinski definition) is 1. The Hall–Kier alpha value is -0.160. The molecule has 1 aliphatic heterocycles. The van der Waals surface area contributed by atoms with Crippen LogP contribution in [0.5, 0.6) is 0 Å². The van der Waals surface area contributed by atoms with Crippen LogP contribution in [0.25, 0.3) is 0 Å². The van der Waals surface area contributed by atoms with Crippen molar-refractivity contribution >= 4 is 0 Å². The molecule has 1 rings (SSSR count). The van der Waals surface area contributed by atoms with E-state index < -0.39 is 6.10 Å². The molecule has 96 valence electrons. The van der Waals surface area contributed by atoms with Crippen molar-refractivity contribution in [2.75, 3.05) is 40.0 Å². The largest absolute Gasteiger partial charge is 0.389 e. The third-order valence-corrected chi connectivity index (χ3v) is 2.74. The van der Waals surface area contributed by atoms with Crippen LogP contribution in [0.2, 0.25) is 0 Å². The molecule has 1 N–H and O–H groups in total. The summed E-state index contributed by atoms with van der Waals surface area (Å²) < 4.78 is 10.7. The first-order valence-electron chi connectivity index (χ1n) is 6.14. The minimum atomic E-state index is -0.394. The summed E-state index contributed by atoms with van der Waals surface area (Å²) in [6.07, 6.45) is 0.932. The van der Waals surface area contributed by atoms with E-state index in [0.29, 0.717) is 19.1 Å². The monoisotopic (exact) mass is 231 g/mol. The van der Waals surface area contributed by atoms with Crippen LogP contribution >= 0.6 is 0 Å². The van der Waals surface area contributed by atoms with Crippen LogP contribution in [0.3, 0.4) is 0 Å². The molecule has 0 aromatic rings. The number of ether oxygens (including phenoxy) is 2. The second-order valence-electron chi connectivity index (χ2n) is 4.99. The number of aliphatic hydroxyl groups is 1. The lowest BCUT2D eigenvalue weighted by Crippen LogP contribution is -2.35. The van der Waals surface area contributed by atoms with Gasteiger partial charge in [0.1, 0.15) is 0 Å². The summed E-state index contributed by atoms with van der Waals surface area (Å²) in [6, 6.07) is 0. The lowest BCUT2D eigenvalue weighted by Gasteiger charge is -2.23. The highest BCUT2D eigenvalue weighted by molar-refractivity contribution is 4.70. The van der Waals surface area contributed by atoms with Crippen molar-refractivity contribution in [2.45, 2.75) is 32.5 Å². The highest BCUT2D eigenvalue weighted by Gasteiger charge is 2.18. The second-order valence-corrected chi connectivity index (χ2v) is 4.99. The van der Waals surface area contributed by atoms with E-state index in [-0.39, 0.29) is 6.10 Å². The van der Waals surface area contributed by atoms with Crippen LogP contribution in [0.1, 0.15) is 20.3 Å². The molecule has 0 radical (unpaired) electrons. The van der Waals surface area contributed by atoms with Gasteiger partial charge in [0.25, 0.3) is 0 Å². The van der Waals surface area contributed by atoms with Gasteiger partial charge in [-0.3, -0.25) is 0 Å². The minimum Gasteiger partial charge on any atom is -0.389 e. The predicted octanol–water partition coefficient (Wildman–Crippen LogP) is 0.741. The van der Waals surface area contributed by atoms with Crippen molar-refractivity contribution in [3.63, 3.8) is 0 Å². The zero-order chi connectivity index (χ0) is 12.0. The third-order valence-electron chi connectivity index (χ3n) is 2.74. The molecule has 0 aliphatic carbocycles. The number of aliphatic hydroxyl groups excluding tert-OH is 1. The predicted molar refractivity (Wildman–Crippen MR) is 63.5 cm³/mol. The third kappa shape index (κ3) is 5.80. The molecular weight excluding hydrogens is 206 g/mol. The second kappa shape index (κ2) is 7.22. The zero-order valence-corrected chi connectivity index (χ0v) is 10.7. The molecule has 2 atom stereocenters. The molecule has 1 saturated heterocycles. The van der Waals surface area contributed by atoms with E-state index in [4.69, 9.17) is 9.47 Å². The molecule has 4 heteroatoms. The molecule has 0 saturated carbocycles. The van der Waals surface area contributed by atoms with Crippen molar-refractivity contribution in [1.29, 1.82) is 0 Å². The SMILES string of the molecule is CC(C)OCC(O)CN(C)CC1CCOC1. The summed E-state index contributed by atoms with van der Waals surface area (Å²) in [5.41, 5.74) is 0. The van der Waals surface area contributed by atoms with Gasteiger partial charge in [-0.25, -0.2) is 0 Å². The van der Waals surface area contributed by atoms with E-state index in [1.54, 1.807) is 0 Å². The summed E-state index contributed by atoms with van der Waals surface area (Å²) in [6.45, 7) is 7.80. The van der Waals surface area contributed by atoms with Crippen molar-refractivity contribution in [3.8, 4) is 0 Å². The molecule has 16 heavy (non-hydrogen) atoms. The van der Waals surface area contributed by atoms with Crippen molar-refractivity contribution in [1.82, 2.24) is 4.90 Å². The van der Waals surface area contributed by atoms with Crippen molar-refractivity contribution in [2.24, 2.45) is 5.92 Å². The maximum absolute atomic E-state index is 9.74. The number of rotatable bonds is 7. The Morgan fingerprint density at radius 3 is 2.81 bits per heavy atom. The van der Waals surface area contributed by atoms with Crippen LogP contribution < -0.4 is 0 Å². The maximum Gasteiger partial charge on any atom is 0.0900 e. The van der Waals surface area contributed by atoms with E-state index >= 15 is 0 Å². The van der Waals surface area contributed by atoms with Crippen LogP contribution in [0.4, 0.5) is 0 Å². The smallest absolute Gasteiger partial charge is 0.0900 e. The molecule has 4 nitrogen and oxygen atoms in total. The number of hydrogen-bond acceptors (Lipinski definition) is 4. The summed E-state index contributed by atoms with van der Waals surface area (Å²) in [7, 11) is 2.04. The van der Waals surface area contributed by atoms with Gasteiger partial charge in [-0.05, 0) is 33.2 Å². The van der Waals surface area contributed by atoms with Gasteiger partial charge in [0, 0.05) is 19.7 Å². The topological polar surface area (TPSA) is 41.9 Å². The fourth-order valence-electron chi connectivity index (χ4n) is 1.96. The zero-order valence-electron chi connectivity index (χ0n) is 10.7. The van der Waals surface area contributed by atoms with E-state index in [0.717, 1.165) is 26.2 Å². The van der Waals surface area contributed by atoms with Gasteiger partial charge in [-0.2, -0.15) is 0 Å². The van der Waals surface area contributed by atoms with E-state index in [2.05, 4.69) is 4.90 Å². The summed E-state index contributed by atoms with van der Waals surface area (Å²) in [5, 5.41) is 9.74. The van der Waals surface area contributed by atoms with Gasteiger partial charge >= 0.3 is 0 Å². The average molecular weight is 231 g/mol. The Morgan fingerprint density at radius 2 is 2.25 bits per heavy atom. The molecule has 0 amide bonds. The molecule has 1 aliphatic rings. The number of likely N-dealkylation sites (N-methyl/N-ethyl adjacent to an activating group) is 1. The Balaban J connectivity index is 2.09. The molecular formula is C12H25NO3. The molecule has 2 unspecified atom stereocenters. The minimum absolute atomic E-state index is 0.184. The standard InChI is InChI=1S/C12H25NO3/c1-10(2)16-9-12(14)7-13(3)6-11-4-5-15-8-11/h10-12,14H,4-9H2,1-3H3. The Labute approximate surface area is 98.5 Å². The Kier molecular flexibility index (Phi) is 6.28. The fourth-order valence-corrected chi connectivity index (χ4v) is 1.96. The average Bonchev–Trinajstić information content (AvgIpc) is 2.67. The van der Waals surface area contributed by atoms with Crippen LogP contribution in [0.15, 0.2) is 0 Å². The van der Waals surface area contributed by atoms with Gasteiger partial charge in [0.15, 0.2) is 0 Å². The number of nitrogens with zero attached hydrogens (tertiary/aromatic N) is 1. The van der Waals surface area contributed by atoms with Crippen molar-refractivity contribution < 1.29 is 14.6 Å². The van der Waals surface area contributed by atoms with Gasteiger partial charge < -0.3 is 19.5 Å². The van der Waals surface area contributed by atoms with Gasteiger partial charge in [-0.15, -0.1) is 0 Å². The lowest BCUT2D eigenvalue weighted by atomic mass is 10.1. The van der Waals surface area contributed by atoms with Crippen LogP contribution in [0, 0.1) is 5.92 Å². The first kappa shape index (κ1) is 13.9. The van der Waals surface area contributed by atoms with E-state index in [9.17, 15) is 5.11 Å². The molecule has 1 heterocycles. The Bertz CT molecular complexity index is 181. The van der Waals surface area contributed by atoms with Gasteiger partial charge in [-0.1, -0.05) is 0 Å². The van der Waals surface area contributed by atoms with Crippen molar-refractivity contribution in [3.05, 3.63) is 0 Å².